The summed E-state index contributed by atoms with van der Waals surface area (Å²) in [5, 5.41) is 9.36. The van der Waals surface area contributed by atoms with Crippen LogP contribution in [0.5, 0.6) is 0 Å². The van der Waals surface area contributed by atoms with Crippen LogP contribution >= 0.6 is 0 Å². The molecule has 1 atom stereocenters. The minimum Gasteiger partial charge on any atom is -0.462 e. The molecule has 1 aromatic carbocycles. The number of carbonyl (C=O) groups excluding carboxylic acids is 1. The Bertz CT molecular complexity index is 608. The Hall–Kier alpha value is -2.34. The van der Waals surface area contributed by atoms with Crippen LogP contribution in [0.4, 0.5) is 0 Å². The lowest BCUT2D eigenvalue weighted by Crippen LogP contribution is -2.11. The minimum absolute atomic E-state index is 0.128. The first-order chi connectivity index (χ1) is 9.72. The Morgan fingerprint density at radius 1 is 1.55 bits per heavy atom. The van der Waals surface area contributed by atoms with E-state index in [1.54, 1.807) is 6.92 Å². The van der Waals surface area contributed by atoms with Gasteiger partial charge in [0.25, 0.3) is 0 Å². The minimum atomic E-state index is -0.532. The highest BCUT2D eigenvalue weighted by Gasteiger charge is 2.31. The molecule has 1 aliphatic carbocycles. The second-order valence-electron chi connectivity index (χ2n) is 4.70. The van der Waals surface area contributed by atoms with E-state index < -0.39 is 5.97 Å². The van der Waals surface area contributed by atoms with E-state index in [1.807, 2.05) is 36.4 Å². The molecule has 0 amide bonds. The van der Waals surface area contributed by atoms with Gasteiger partial charge in [-0.15, -0.1) is 6.58 Å². The van der Waals surface area contributed by atoms with Gasteiger partial charge in [-0.2, -0.15) is 5.26 Å². The van der Waals surface area contributed by atoms with Crippen LogP contribution in [0, 0.1) is 17.2 Å². The molecule has 0 aliphatic heterocycles. The molecule has 2 rings (SSSR count). The Labute approximate surface area is 119 Å². The van der Waals surface area contributed by atoms with Crippen LogP contribution in [-0.4, -0.2) is 12.6 Å². The Balaban J connectivity index is 2.56. The summed E-state index contributed by atoms with van der Waals surface area (Å²) < 4.78 is 5.00. The second-order valence-corrected chi connectivity index (χ2v) is 4.70. The van der Waals surface area contributed by atoms with Crippen LogP contribution in [0.3, 0.4) is 0 Å². The molecule has 3 nitrogen and oxygen atoms in total. The lowest BCUT2D eigenvalue weighted by Gasteiger charge is -2.12. The van der Waals surface area contributed by atoms with Gasteiger partial charge >= 0.3 is 5.97 Å². The van der Waals surface area contributed by atoms with Gasteiger partial charge < -0.3 is 4.74 Å². The molecular formula is C17H17NO2. The number of ether oxygens (including phenoxy) is 1. The van der Waals surface area contributed by atoms with Crippen molar-refractivity contribution in [2.24, 2.45) is 5.92 Å². The van der Waals surface area contributed by atoms with Crippen molar-refractivity contribution in [2.45, 2.75) is 19.8 Å². The number of hydrogen-bond donors (Lipinski definition) is 0. The predicted molar refractivity (Wildman–Crippen MR) is 77.6 cm³/mol. The molecule has 0 saturated carbocycles. The maximum absolute atomic E-state index is 12.0. The SMILES string of the molecule is C=CCC1Cc2ccccc2/C1=C(\C#N)C(=O)OCC. The van der Waals surface area contributed by atoms with Crippen LogP contribution in [0.15, 0.2) is 42.5 Å². The van der Waals surface area contributed by atoms with Gasteiger partial charge in [-0.05, 0) is 42.4 Å². The molecule has 1 unspecified atom stereocenters. The van der Waals surface area contributed by atoms with Crippen LogP contribution in [0.1, 0.15) is 24.5 Å². The molecule has 0 fully saturated rings. The zero-order valence-corrected chi connectivity index (χ0v) is 11.6. The molecular weight excluding hydrogens is 250 g/mol. The number of esters is 1. The maximum atomic E-state index is 12.0. The van der Waals surface area contributed by atoms with Crippen molar-refractivity contribution < 1.29 is 9.53 Å². The summed E-state index contributed by atoms with van der Waals surface area (Å²) in [6.07, 6.45) is 3.41. The van der Waals surface area contributed by atoms with Crippen molar-refractivity contribution >= 4 is 11.5 Å². The summed E-state index contributed by atoms with van der Waals surface area (Å²) >= 11 is 0. The molecule has 0 heterocycles. The summed E-state index contributed by atoms with van der Waals surface area (Å²) in [4.78, 5) is 12.0. The number of hydrogen-bond acceptors (Lipinski definition) is 3. The second kappa shape index (κ2) is 6.21. The predicted octanol–water partition coefficient (Wildman–Crippen LogP) is 3.28. The number of benzene rings is 1. The maximum Gasteiger partial charge on any atom is 0.349 e. The van der Waals surface area contributed by atoms with Crippen LogP contribution < -0.4 is 0 Å². The monoisotopic (exact) mass is 267 g/mol. The molecule has 102 valence electrons. The van der Waals surface area contributed by atoms with Gasteiger partial charge in [-0.3, -0.25) is 0 Å². The fourth-order valence-electron chi connectivity index (χ4n) is 2.71. The normalized spacial score (nSPS) is 18.9. The highest BCUT2D eigenvalue weighted by atomic mass is 16.5. The van der Waals surface area contributed by atoms with Crippen LogP contribution in [0.2, 0.25) is 0 Å². The smallest absolute Gasteiger partial charge is 0.349 e. The molecule has 0 radical (unpaired) electrons. The molecule has 1 aliphatic rings. The summed E-state index contributed by atoms with van der Waals surface area (Å²) in [5.74, 6) is -0.403. The number of fused-ring (bicyclic) bond motifs is 1. The van der Waals surface area contributed by atoms with E-state index >= 15 is 0 Å². The van der Waals surface area contributed by atoms with E-state index in [0.717, 1.165) is 24.0 Å². The average Bonchev–Trinajstić information content (AvgIpc) is 2.79. The molecule has 0 N–H and O–H groups in total. The molecule has 0 spiro atoms. The van der Waals surface area contributed by atoms with Crippen molar-refractivity contribution in [3.05, 3.63) is 53.6 Å². The Morgan fingerprint density at radius 3 is 2.95 bits per heavy atom. The number of nitrogens with zero attached hydrogens (tertiary/aromatic N) is 1. The van der Waals surface area contributed by atoms with Gasteiger partial charge in [0.1, 0.15) is 11.6 Å². The average molecular weight is 267 g/mol. The van der Waals surface area contributed by atoms with E-state index in [9.17, 15) is 10.1 Å². The van der Waals surface area contributed by atoms with Crippen molar-refractivity contribution in [1.29, 1.82) is 5.26 Å². The standard InChI is InChI=1S/C17H17NO2/c1-3-7-13-10-12-8-5-6-9-14(12)16(13)15(11-18)17(19)20-4-2/h3,5-6,8-9,13H,1,4,7,10H2,2H3/b16-15+. The zero-order chi connectivity index (χ0) is 14.5. The summed E-state index contributed by atoms with van der Waals surface area (Å²) in [6.45, 7) is 5.77. The molecule has 0 aromatic heterocycles. The first-order valence-electron chi connectivity index (χ1n) is 6.73. The topological polar surface area (TPSA) is 50.1 Å². The number of carbonyl (C=O) groups is 1. The lowest BCUT2D eigenvalue weighted by molar-refractivity contribution is -0.137. The third kappa shape index (κ3) is 2.50. The number of allylic oxidation sites excluding steroid dienone is 2. The van der Waals surface area contributed by atoms with Gasteiger partial charge in [0.15, 0.2) is 0 Å². The third-order valence-electron chi connectivity index (χ3n) is 3.49. The van der Waals surface area contributed by atoms with Crippen molar-refractivity contribution in [3.8, 4) is 6.07 Å². The Morgan fingerprint density at radius 2 is 2.30 bits per heavy atom. The van der Waals surface area contributed by atoms with Gasteiger partial charge in [0, 0.05) is 0 Å². The highest BCUT2D eigenvalue weighted by Crippen LogP contribution is 2.41. The zero-order valence-electron chi connectivity index (χ0n) is 11.6. The lowest BCUT2D eigenvalue weighted by atomic mass is 9.92. The van der Waals surface area contributed by atoms with E-state index in [2.05, 4.69) is 6.58 Å². The van der Waals surface area contributed by atoms with Crippen molar-refractivity contribution in [1.82, 2.24) is 0 Å². The molecule has 20 heavy (non-hydrogen) atoms. The molecule has 3 heteroatoms. The third-order valence-corrected chi connectivity index (χ3v) is 3.49. The highest BCUT2D eigenvalue weighted by molar-refractivity contribution is 6.03. The van der Waals surface area contributed by atoms with Gasteiger partial charge in [0.2, 0.25) is 0 Å². The Kier molecular flexibility index (Phi) is 4.37. The van der Waals surface area contributed by atoms with Crippen molar-refractivity contribution in [2.75, 3.05) is 6.61 Å². The van der Waals surface area contributed by atoms with Crippen molar-refractivity contribution in [3.63, 3.8) is 0 Å². The number of nitriles is 1. The van der Waals surface area contributed by atoms with Crippen LogP contribution in [-0.2, 0) is 16.0 Å². The quantitative estimate of drug-likeness (QED) is 0.364. The summed E-state index contributed by atoms with van der Waals surface area (Å²) in [5.41, 5.74) is 3.10. The first-order valence-corrected chi connectivity index (χ1v) is 6.73. The molecule has 0 saturated heterocycles. The largest absolute Gasteiger partial charge is 0.462 e. The van der Waals surface area contributed by atoms with Gasteiger partial charge in [0.05, 0.1) is 6.61 Å². The van der Waals surface area contributed by atoms with E-state index in [1.165, 1.54) is 5.56 Å². The van der Waals surface area contributed by atoms with Crippen LogP contribution in [0.25, 0.3) is 5.57 Å². The fourth-order valence-corrected chi connectivity index (χ4v) is 2.71. The number of rotatable bonds is 4. The van der Waals surface area contributed by atoms with E-state index in [-0.39, 0.29) is 18.1 Å². The molecule has 1 aromatic rings. The fraction of sp³-hybridized carbons (Fsp3) is 0.294. The van der Waals surface area contributed by atoms with Gasteiger partial charge in [-0.1, -0.05) is 30.3 Å². The summed E-state index contributed by atoms with van der Waals surface area (Å²) in [6, 6.07) is 9.93. The first kappa shape index (κ1) is 14.1. The van der Waals surface area contributed by atoms with Gasteiger partial charge in [-0.25, -0.2) is 4.79 Å². The van der Waals surface area contributed by atoms with E-state index in [0.29, 0.717) is 0 Å². The molecule has 0 bridgehead atoms. The summed E-state index contributed by atoms with van der Waals surface area (Å²) in [7, 11) is 0. The van der Waals surface area contributed by atoms with E-state index in [4.69, 9.17) is 4.74 Å².